The van der Waals surface area contributed by atoms with Gasteiger partial charge >= 0.3 is 0 Å². The van der Waals surface area contributed by atoms with Gasteiger partial charge in [0.05, 0.1) is 5.54 Å². The van der Waals surface area contributed by atoms with E-state index in [1.807, 2.05) is 0 Å². The molecule has 2 aliphatic heterocycles. The molecule has 0 radical (unpaired) electrons. The van der Waals surface area contributed by atoms with Gasteiger partial charge in [0.2, 0.25) is 0 Å². The van der Waals surface area contributed by atoms with Gasteiger partial charge in [-0.15, -0.1) is 0 Å². The Morgan fingerprint density at radius 3 is 2.30 bits per heavy atom. The van der Waals surface area contributed by atoms with Crippen molar-refractivity contribution in [3.05, 3.63) is 0 Å². The average Bonchev–Trinajstić information content (AvgIpc) is 1.85. The van der Waals surface area contributed by atoms with Crippen LogP contribution in [-0.4, -0.2) is 50.2 Å². The zero-order valence-corrected chi connectivity index (χ0v) is 6.48. The van der Waals surface area contributed by atoms with Gasteiger partial charge in [0.15, 0.2) is 0 Å². The lowest BCUT2D eigenvalue weighted by molar-refractivity contribution is 0.0388. The highest BCUT2D eigenvalue weighted by Crippen LogP contribution is 2.19. The number of nitrogens with one attached hydrogen (secondary N) is 2. The number of nitrogens with zero attached hydrogens (tertiary/aromatic N) is 1. The Labute approximate surface area is 61.8 Å². The highest BCUT2D eigenvalue weighted by atomic mass is 15.3. The molecule has 3 nitrogen and oxygen atoms in total. The van der Waals surface area contributed by atoms with E-state index in [1.54, 1.807) is 0 Å². The molecule has 0 bridgehead atoms. The molecule has 0 unspecified atom stereocenters. The summed E-state index contributed by atoms with van der Waals surface area (Å²) < 4.78 is 0. The molecule has 0 saturated carbocycles. The third-order valence-electron chi connectivity index (χ3n) is 2.80. The van der Waals surface area contributed by atoms with Gasteiger partial charge in [0.1, 0.15) is 0 Å². The van der Waals surface area contributed by atoms with Crippen LogP contribution in [0.15, 0.2) is 0 Å². The minimum absolute atomic E-state index is 0.470. The first-order valence-electron chi connectivity index (χ1n) is 3.96. The van der Waals surface area contributed by atoms with Crippen LogP contribution in [0.5, 0.6) is 0 Å². The van der Waals surface area contributed by atoms with E-state index in [0.717, 1.165) is 26.2 Å². The topological polar surface area (TPSA) is 27.3 Å². The molecule has 0 amide bonds. The molecule has 0 atom stereocenters. The number of piperazine rings is 1. The molecule has 0 aliphatic carbocycles. The van der Waals surface area contributed by atoms with E-state index < -0.39 is 0 Å². The molecule has 3 heteroatoms. The monoisotopic (exact) mass is 141 g/mol. The van der Waals surface area contributed by atoms with Gasteiger partial charge in [-0.25, -0.2) is 0 Å². The standard InChI is InChI=1S/C7H15N3/c1-10-3-2-8-4-7(10)5-9-6-7/h8-9H,2-6H2,1H3. The van der Waals surface area contributed by atoms with E-state index in [2.05, 4.69) is 22.6 Å². The van der Waals surface area contributed by atoms with E-state index in [9.17, 15) is 0 Å². The highest BCUT2D eigenvalue weighted by molar-refractivity contribution is 5.04. The SMILES string of the molecule is CN1CCNCC12CNC2. The second-order valence-corrected chi connectivity index (χ2v) is 3.43. The average molecular weight is 141 g/mol. The maximum absolute atomic E-state index is 3.43. The van der Waals surface area contributed by atoms with Crippen molar-refractivity contribution < 1.29 is 0 Å². The highest BCUT2D eigenvalue weighted by Gasteiger charge is 2.41. The molecule has 2 saturated heterocycles. The predicted octanol–water partition coefficient (Wildman–Crippen LogP) is -1.14. The Morgan fingerprint density at radius 2 is 1.90 bits per heavy atom. The fourth-order valence-corrected chi connectivity index (χ4v) is 1.75. The van der Waals surface area contributed by atoms with Gasteiger partial charge in [-0.05, 0) is 7.05 Å². The third kappa shape index (κ3) is 0.779. The number of rotatable bonds is 0. The van der Waals surface area contributed by atoms with Gasteiger partial charge in [-0.1, -0.05) is 0 Å². The smallest absolute Gasteiger partial charge is 0.0581 e. The summed E-state index contributed by atoms with van der Waals surface area (Å²) in [6.45, 7) is 5.84. The summed E-state index contributed by atoms with van der Waals surface area (Å²) in [5, 5.41) is 6.75. The van der Waals surface area contributed by atoms with Crippen molar-refractivity contribution >= 4 is 0 Å². The van der Waals surface area contributed by atoms with Crippen molar-refractivity contribution in [3.8, 4) is 0 Å². The molecule has 10 heavy (non-hydrogen) atoms. The second kappa shape index (κ2) is 2.19. The van der Waals surface area contributed by atoms with Crippen molar-refractivity contribution in [2.75, 3.05) is 39.8 Å². The molecule has 2 aliphatic rings. The first-order valence-corrected chi connectivity index (χ1v) is 3.96. The quantitative estimate of drug-likeness (QED) is 0.447. The maximum atomic E-state index is 3.43. The van der Waals surface area contributed by atoms with Crippen molar-refractivity contribution in [1.82, 2.24) is 15.5 Å². The predicted molar refractivity (Wildman–Crippen MR) is 41.1 cm³/mol. The van der Waals surface area contributed by atoms with E-state index >= 15 is 0 Å². The molecular formula is C7H15N3. The summed E-state index contributed by atoms with van der Waals surface area (Å²) in [5.74, 6) is 0. The van der Waals surface area contributed by atoms with Crippen LogP contribution in [0.25, 0.3) is 0 Å². The van der Waals surface area contributed by atoms with Crippen LogP contribution >= 0.6 is 0 Å². The van der Waals surface area contributed by atoms with E-state index in [-0.39, 0.29) is 0 Å². The van der Waals surface area contributed by atoms with Crippen LogP contribution in [0, 0.1) is 0 Å². The van der Waals surface area contributed by atoms with E-state index in [1.165, 1.54) is 6.54 Å². The van der Waals surface area contributed by atoms with Crippen LogP contribution in [0.1, 0.15) is 0 Å². The van der Waals surface area contributed by atoms with Crippen LogP contribution < -0.4 is 10.6 Å². The number of hydrogen-bond acceptors (Lipinski definition) is 3. The van der Waals surface area contributed by atoms with Crippen molar-refractivity contribution in [2.24, 2.45) is 0 Å². The molecule has 2 N–H and O–H groups in total. The van der Waals surface area contributed by atoms with E-state index in [0.29, 0.717) is 5.54 Å². The Balaban J connectivity index is 2.03. The third-order valence-corrected chi connectivity index (χ3v) is 2.80. The first-order chi connectivity index (χ1) is 4.83. The van der Waals surface area contributed by atoms with Gasteiger partial charge in [-0.3, -0.25) is 4.90 Å². The minimum Gasteiger partial charge on any atom is -0.314 e. The fraction of sp³-hybridized carbons (Fsp3) is 1.00. The van der Waals surface area contributed by atoms with Crippen LogP contribution in [0.4, 0.5) is 0 Å². The normalized spacial score (nSPS) is 32.1. The summed E-state index contributed by atoms with van der Waals surface area (Å²) >= 11 is 0. The summed E-state index contributed by atoms with van der Waals surface area (Å²) in [4.78, 5) is 2.47. The number of likely N-dealkylation sites (N-methyl/N-ethyl adjacent to an activating group) is 1. The summed E-state index contributed by atoms with van der Waals surface area (Å²) in [5.41, 5.74) is 0.470. The Hall–Kier alpha value is -0.120. The number of hydrogen-bond donors (Lipinski definition) is 2. The Bertz CT molecular complexity index is 131. The zero-order valence-electron chi connectivity index (χ0n) is 6.48. The lowest BCUT2D eigenvalue weighted by Gasteiger charge is -2.52. The van der Waals surface area contributed by atoms with Gasteiger partial charge in [0, 0.05) is 32.7 Å². The Morgan fingerprint density at radius 1 is 1.20 bits per heavy atom. The molecule has 1 spiro atoms. The lowest BCUT2D eigenvalue weighted by Crippen LogP contribution is -2.74. The maximum Gasteiger partial charge on any atom is 0.0581 e. The lowest BCUT2D eigenvalue weighted by atomic mass is 9.89. The van der Waals surface area contributed by atoms with Gasteiger partial charge < -0.3 is 10.6 Å². The molecule has 2 rings (SSSR count). The molecular weight excluding hydrogens is 126 g/mol. The van der Waals surface area contributed by atoms with Crippen molar-refractivity contribution in [1.29, 1.82) is 0 Å². The van der Waals surface area contributed by atoms with Gasteiger partial charge in [-0.2, -0.15) is 0 Å². The zero-order chi connectivity index (χ0) is 7.03. The van der Waals surface area contributed by atoms with Crippen LogP contribution in [0.3, 0.4) is 0 Å². The first kappa shape index (κ1) is 6.58. The van der Waals surface area contributed by atoms with Crippen molar-refractivity contribution in [3.63, 3.8) is 0 Å². The molecule has 2 fully saturated rings. The summed E-state index contributed by atoms with van der Waals surface area (Å²) in [7, 11) is 2.22. The largest absolute Gasteiger partial charge is 0.314 e. The molecule has 58 valence electrons. The van der Waals surface area contributed by atoms with E-state index in [4.69, 9.17) is 0 Å². The van der Waals surface area contributed by atoms with Crippen molar-refractivity contribution in [2.45, 2.75) is 5.54 Å². The fourth-order valence-electron chi connectivity index (χ4n) is 1.75. The molecule has 0 aromatic carbocycles. The summed E-state index contributed by atoms with van der Waals surface area (Å²) in [6, 6.07) is 0. The molecule has 2 heterocycles. The Kier molecular flexibility index (Phi) is 1.44. The second-order valence-electron chi connectivity index (χ2n) is 3.43. The van der Waals surface area contributed by atoms with Crippen LogP contribution in [-0.2, 0) is 0 Å². The minimum atomic E-state index is 0.470. The van der Waals surface area contributed by atoms with Crippen LogP contribution in [0.2, 0.25) is 0 Å². The van der Waals surface area contributed by atoms with Gasteiger partial charge in [0.25, 0.3) is 0 Å². The molecule has 0 aromatic heterocycles. The summed E-state index contributed by atoms with van der Waals surface area (Å²) in [6.07, 6.45) is 0. The molecule has 0 aromatic rings.